The van der Waals surface area contributed by atoms with Crippen LogP contribution in [0.15, 0.2) is 0 Å². The molecule has 0 atom stereocenters. The predicted molar refractivity (Wildman–Crippen MR) is 44.1 cm³/mol. The summed E-state index contributed by atoms with van der Waals surface area (Å²) in [5.41, 5.74) is 6.28. The van der Waals surface area contributed by atoms with Crippen molar-refractivity contribution in [1.29, 1.82) is 0 Å². The molecule has 0 amide bonds. The topological polar surface area (TPSA) is 46.2 Å². The number of hydrogen-bond donors (Lipinski definition) is 2. The van der Waals surface area contributed by atoms with E-state index in [9.17, 15) is 5.11 Å². The Hall–Kier alpha value is -0.0800. The quantitative estimate of drug-likeness (QED) is 0.594. The van der Waals surface area contributed by atoms with Crippen molar-refractivity contribution in [3.8, 4) is 0 Å². The Bertz CT molecular complexity index is 146. The molecule has 0 aromatic rings. The van der Waals surface area contributed by atoms with Gasteiger partial charge in [0, 0.05) is 5.54 Å². The van der Waals surface area contributed by atoms with E-state index in [1.807, 2.05) is 0 Å². The van der Waals surface area contributed by atoms with E-state index in [2.05, 4.69) is 0 Å². The van der Waals surface area contributed by atoms with Crippen LogP contribution in [0, 0.1) is 5.92 Å². The summed E-state index contributed by atoms with van der Waals surface area (Å²) in [6.45, 7) is 0. The highest BCUT2D eigenvalue weighted by Gasteiger charge is 2.46. The lowest BCUT2D eigenvalue weighted by Crippen LogP contribution is -2.36. The largest absolute Gasteiger partial charge is 0.393 e. The summed E-state index contributed by atoms with van der Waals surface area (Å²) in [5.74, 6) is 0.714. The summed E-state index contributed by atoms with van der Waals surface area (Å²) < 4.78 is 0. The fraction of sp³-hybridized carbons (Fsp3) is 1.00. The third-order valence-electron chi connectivity index (χ3n) is 3.34. The highest BCUT2D eigenvalue weighted by Crippen LogP contribution is 2.45. The first-order chi connectivity index (χ1) is 5.21. The lowest BCUT2D eigenvalue weighted by atomic mass is 9.81. The van der Waals surface area contributed by atoms with Gasteiger partial charge in [0.25, 0.3) is 0 Å². The Kier molecular flexibility index (Phi) is 1.69. The molecular weight excluding hydrogens is 138 g/mol. The molecule has 0 aliphatic heterocycles. The Labute approximate surface area is 67.8 Å². The van der Waals surface area contributed by atoms with Crippen LogP contribution in [0.3, 0.4) is 0 Å². The monoisotopic (exact) mass is 155 g/mol. The molecule has 0 aromatic carbocycles. The van der Waals surface area contributed by atoms with Crippen molar-refractivity contribution in [2.24, 2.45) is 11.7 Å². The van der Waals surface area contributed by atoms with Crippen LogP contribution in [0.2, 0.25) is 0 Å². The number of hydrogen-bond acceptors (Lipinski definition) is 2. The van der Waals surface area contributed by atoms with Crippen molar-refractivity contribution in [3.63, 3.8) is 0 Å². The number of rotatable bonds is 1. The standard InChI is InChI=1S/C9H17NO/c10-9(5-6-9)7-1-3-8(11)4-2-7/h7-8,11H,1-6,10H2. The van der Waals surface area contributed by atoms with Gasteiger partial charge < -0.3 is 10.8 Å². The molecule has 2 fully saturated rings. The van der Waals surface area contributed by atoms with E-state index in [4.69, 9.17) is 5.73 Å². The molecule has 2 aliphatic rings. The maximum atomic E-state index is 9.27. The van der Waals surface area contributed by atoms with Crippen molar-refractivity contribution in [3.05, 3.63) is 0 Å². The van der Waals surface area contributed by atoms with Crippen molar-refractivity contribution in [2.45, 2.75) is 50.2 Å². The van der Waals surface area contributed by atoms with E-state index < -0.39 is 0 Å². The van der Waals surface area contributed by atoms with Crippen LogP contribution in [0.25, 0.3) is 0 Å². The minimum atomic E-state index is -0.0337. The van der Waals surface area contributed by atoms with Crippen molar-refractivity contribution >= 4 is 0 Å². The minimum absolute atomic E-state index is 0.0337. The van der Waals surface area contributed by atoms with E-state index in [1.54, 1.807) is 0 Å². The fourth-order valence-electron chi connectivity index (χ4n) is 2.20. The average molecular weight is 155 g/mol. The van der Waals surface area contributed by atoms with Crippen LogP contribution in [0.1, 0.15) is 38.5 Å². The minimum Gasteiger partial charge on any atom is -0.393 e. The molecule has 0 unspecified atom stereocenters. The second-order valence-electron chi connectivity index (χ2n) is 4.24. The molecule has 2 rings (SSSR count). The molecule has 3 N–H and O–H groups in total. The molecule has 0 bridgehead atoms. The zero-order valence-corrected chi connectivity index (χ0v) is 6.92. The lowest BCUT2D eigenvalue weighted by molar-refractivity contribution is 0.0990. The second kappa shape index (κ2) is 2.46. The van der Waals surface area contributed by atoms with E-state index >= 15 is 0 Å². The lowest BCUT2D eigenvalue weighted by Gasteiger charge is -2.29. The Morgan fingerprint density at radius 3 is 2.09 bits per heavy atom. The van der Waals surface area contributed by atoms with Gasteiger partial charge in [-0.2, -0.15) is 0 Å². The zero-order chi connectivity index (χ0) is 7.90. The van der Waals surface area contributed by atoms with Gasteiger partial charge in [0.15, 0.2) is 0 Å². The summed E-state index contributed by atoms with van der Waals surface area (Å²) in [4.78, 5) is 0. The third kappa shape index (κ3) is 1.42. The molecule has 2 saturated carbocycles. The molecule has 2 aliphatic carbocycles. The molecule has 0 spiro atoms. The van der Waals surface area contributed by atoms with Gasteiger partial charge in [0.2, 0.25) is 0 Å². The van der Waals surface area contributed by atoms with Crippen LogP contribution >= 0.6 is 0 Å². The van der Waals surface area contributed by atoms with Crippen molar-refractivity contribution in [2.75, 3.05) is 0 Å². The Morgan fingerprint density at radius 1 is 1.09 bits per heavy atom. The van der Waals surface area contributed by atoms with Gasteiger partial charge in [-0.15, -0.1) is 0 Å². The van der Waals surface area contributed by atoms with Gasteiger partial charge in [-0.25, -0.2) is 0 Å². The predicted octanol–water partition coefficient (Wildman–Crippen LogP) is 1.03. The third-order valence-corrected chi connectivity index (χ3v) is 3.34. The zero-order valence-electron chi connectivity index (χ0n) is 6.92. The van der Waals surface area contributed by atoms with Gasteiger partial charge >= 0.3 is 0 Å². The van der Waals surface area contributed by atoms with Crippen molar-refractivity contribution < 1.29 is 5.11 Å². The maximum absolute atomic E-state index is 9.27. The Balaban J connectivity index is 1.87. The fourth-order valence-corrected chi connectivity index (χ4v) is 2.20. The maximum Gasteiger partial charge on any atom is 0.0540 e. The van der Waals surface area contributed by atoms with Gasteiger partial charge in [-0.3, -0.25) is 0 Å². The second-order valence-corrected chi connectivity index (χ2v) is 4.24. The molecule has 11 heavy (non-hydrogen) atoms. The SMILES string of the molecule is NC1(C2CCC(O)CC2)CC1. The number of aliphatic hydroxyl groups excluding tert-OH is 1. The first-order valence-corrected chi connectivity index (χ1v) is 4.68. The highest BCUT2D eigenvalue weighted by molar-refractivity contribution is 5.04. The van der Waals surface area contributed by atoms with Gasteiger partial charge in [-0.1, -0.05) is 0 Å². The van der Waals surface area contributed by atoms with E-state index in [0.717, 1.165) is 25.7 Å². The molecule has 0 aromatic heterocycles. The van der Waals surface area contributed by atoms with E-state index in [0.29, 0.717) is 5.92 Å². The molecule has 0 saturated heterocycles. The van der Waals surface area contributed by atoms with Crippen LogP contribution in [0.4, 0.5) is 0 Å². The molecule has 0 radical (unpaired) electrons. The molecule has 64 valence electrons. The highest BCUT2D eigenvalue weighted by atomic mass is 16.3. The van der Waals surface area contributed by atoms with Crippen molar-refractivity contribution in [1.82, 2.24) is 0 Å². The first-order valence-electron chi connectivity index (χ1n) is 4.68. The van der Waals surface area contributed by atoms with E-state index in [-0.39, 0.29) is 11.6 Å². The summed E-state index contributed by atoms with van der Waals surface area (Å²) in [5, 5.41) is 9.27. The Morgan fingerprint density at radius 2 is 1.64 bits per heavy atom. The number of nitrogens with two attached hydrogens (primary N) is 1. The smallest absolute Gasteiger partial charge is 0.0540 e. The number of aliphatic hydroxyl groups is 1. The van der Waals surface area contributed by atoms with Crippen LogP contribution in [0.5, 0.6) is 0 Å². The average Bonchev–Trinajstić information content (AvgIpc) is 2.70. The molecule has 0 heterocycles. The normalized spacial score (nSPS) is 42.0. The summed E-state index contributed by atoms with van der Waals surface area (Å²) in [6, 6.07) is 0. The summed E-state index contributed by atoms with van der Waals surface area (Å²) in [7, 11) is 0. The molecule has 2 nitrogen and oxygen atoms in total. The molecular formula is C9H17NO. The summed E-state index contributed by atoms with van der Waals surface area (Å²) in [6.07, 6.45) is 6.65. The van der Waals surface area contributed by atoms with Crippen LogP contribution < -0.4 is 5.73 Å². The first kappa shape index (κ1) is 7.56. The summed E-state index contributed by atoms with van der Waals surface area (Å²) >= 11 is 0. The van der Waals surface area contributed by atoms with E-state index in [1.165, 1.54) is 12.8 Å². The van der Waals surface area contributed by atoms with Gasteiger partial charge in [0.1, 0.15) is 0 Å². The van der Waals surface area contributed by atoms with Crippen LogP contribution in [-0.2, 0) is 0 Å². The van der Waals surface area contributed by atoms with Crippen LogP contribution in [-0.4, -0.2) is 16.7 Å². The van der Waals surface area contributed by atoms with Gasteiger partial charge in [0.05, 0.1) is 6.10 Å². The molecule has 2 heteroatoms. The van der Waals surface area contributed by atoms with Gasteiger partial charge in [-0.05, 0) is 44.4 Å².